The second-order valence-corrected chi connectivity index (χ2v) is 10.4. The average molecular weight is 472 g/mol. The van der Waals surface area contributed by atoms with Crippen LogP contribution in [0, 0.1) is 25.5 Å². The summed E-state index contributed by atoms with van der Waals surface area (Å²) in [4.78, 5) is 22.2. The van der Waals surface area contributed by atoms with Gasteiger partial charge in [0.2, 0.25) is 5.65 Å². The Morgan fingerprint density at radius 3 is 2.38 bits per heavy atom. The highest BCUT2D eigenvalue weighted by atomic mass is 19.1. The summed E-state index contributed by atoms with van der Waals surface area (Å²) in [7, 11) is 0. The number of ether oxygens (including phenoxy) is 1. The van der Waals surface area contributed by atoms with E-state index in [0.29, 0.717) is 22.7 Å². The first kappa shape index (κ1) is 24.1. The van der Waals surface area contributed by atoms with E-state index in [1.165, 1.54) is 18.2 Å². The van der Waals surface area contributed by atoms with Crippen molar-refractivity contribution in [2.75, 3.05) is 0 Å². The number of hydrogen-bond donors (Lipinski definition) is 2. The van der Waals surface area contributed by atoms with Crippen LogP contribution in [0.15, 0.2) is 24.4 Å². The van der Waals surface area contributed by atoms with Crippen LogP contribution in [-0.2, 0) is 6.61 Å². The van der Waals surface area contributed by atoms with E-state index in [1.54, 1.807) is 24.4 Å². The molecule has 0 atom stereocenters. The maximum Gasteiger partial charge on any atom is 0.270 e. The predicted octanol–water partition coefficient (Wildman–Crippen LogP) is 4.24. The summed E-state index contributed by atoms with van der Waals surface area (Å²) in [5.74, 6) is -1.53. The summed E-state index contributed by atoms with van der Waals surface area (Å²) >= 11 is 0. The van der Waals surface area contributed by atoms with Gasteiger partial charge in [0.1, 0.15) is 23.9 Å². The van der Waals surface area contributed by atoms with Gasteiger partial charge in [-0.15, -0.1) is 0 Å². The van der Waals surface area contributed by atoms with Gasteiger partial charge in [-0.1, -0.05) is 6.07 Å². The van der Waals surface area contributed by atoms with E-state index >= 15 is 0 Å². The Balaban J connectivity index is 1.63. The number of amides is 1. The Bertz CT molecular complexity index is 1220. The zero-order valence-corrected chi connectivity index (χ0v) is 20.4. The number of fused-ring (bicyclic) bond motifs is 1. The smallest absolute Gasteiger partial charge is 0.270 e. The van der Waals surface area contributed by atoms with Crippen LogP contribution < -0.4 is 15.4 Å². The number of hydrogen-bond acceptors (Lipinski definition) is 5. The molecule has 3 aromatic rings. The normalized spacial score (nSPS) is 17.6. The molecule has 1 aliphatic heterocycles. The maximum atomic E-state index is 14.0. The third-order valence-corrected chi connectivity index (χ3v) is 6.03. The minimum atomic E-state index is -0.698. The number of aromatic nitrogens is 3. The minimum absolute atomic E-state index is 0.00798. The highest BCUT2D eigenvalue weighted by Crippen LogP contribution is 2.29. The first-order valence-electron chi connectivity index (χ1n) is 11.4. The molecular formula is C25H31F2N5O2. The Labute approximate surface area is 197 Å². The summed E-state index contributed by atoms with van der Waals surface area (Å²) in [6.45, 7) is 11.7. The third-order valence-electron chi connectivity index (χ3n) is 6.03. The van der Waals surface area contributed by atoms with Crippen molar-refractivity contribution in [2.45, 2.75) is 78.1 Å². The molecule has 0 spiro atoms. The molecule has 9 heteroatoms. The quantitative estimate of drug-likeness (QED) is 0.582. The molecule has 1 aliphatic rings. The van der Waals surface area contributed by atoms with Gasteiger partial charge < -0.3 is 15.4 Å². The first-order chi connectivity index (χ1) is 15.8. The summed E-state index contributed by atoms with van der Waals surface area (Å²) in [6, 6.07) is 3.63. The molecule has 1 amide bonds. The van der Waals surface area contributed by atoms with Gasteiger partial charge >= 0.3 is 0 Å². The number of nitrogens with one attached hydrogen (secondary N) is 2. The van der Waals surface area contributed by atoms with Crippen LogP contribution in [0.5, 0.6) is 5.88 Å². The van der Waals surface area contributed by atoms with Crippen molar-refractivity contribution < 1.29 is 18.3 Å². The molecule has 1 saturated heterocycles. The number of benzene rings is 1. The molecule has 7 nitrogen and oxygen atoms in total. The van der Waals surface area contributed by atoms with Gasteiger partial charge in [0, 0.05) is 23.3 Å². The predicted molar refractivity (Wildman–Crippen MR) is 125 cm³/mol. The van der Waals surface area contributed by atoms with E-state index in [-0.39, 0.29) is 41.1 Å². The fourth-order valence-corrected chi connectivity index (χ4v) is 5.11. The van der Waals surface area contributed by atoms with Crippen LogP contribution in [0.1, 0.15) is 68.0 Å². The molecule has 3 heterocycles. The number of imidazole rings is 1. The highest BCUT2D eigenvalue weighted by molar-refractivity contribution is 5.95. The van der Waals surface area contributed by atoms with E-state index in [2.05, 4.69) is 48.3 Å². The fraction of sp³-hybridized carbons (Fsp3) is 0.480. The Hall–Kier alpha value is -3.07. The Kier molecular flexibility index (Phi) is 6.10. The van der Waals surface area contributed by atoms with Crippen LogP contribution in [0.25, 0.3) is 5.65 Å². The third kappa shape index (κ3) is 4.89. The zero-order valence-electron chi connectivity index (χ0n) is 20.4. The maximum absolute atomic E-state index is 14.0. The van der Waals surface area contributed by atoms with Gasteiger partial charge in [-0.2, -0.15) is 0 Å². The molecule has 182 valence electrons. The number of halogens is 2. The molecule has 34 heavy (non-hydrogen) atoms. The summed E-state index contributed by atoms with van der Waals surface area (Å²) < 4.78 is 35.4. The Morgan fingerprint density at radius 2 is 1.76 bits per heavy atom. The average Bonchev–Trinajstić information content (AvgIpc) is 3.00. The largest absolute Gasteiger partial charge is 0.470 e. The van der Waals surface area contributed by atoms with Crippen molar-refractivity contribution in [2.24, 2.45) is 0 Å². The molecule has 1 fully saturated rings. The van der Waals surface area contributed by atoms with Crippen LogP contribution in [-0.4, -0.2) is 37.4 Å². The topological polar surface area (TPSA) is 80.5 Å². The SMILES string of the molecule is Cc1cn2c(C(=O)NC3CC(C)(C)NC(C)(C)C3)c(C)nc2c(OCc2c(F)cccc2F)n1. The van der Waals surface area contributed by atoms with Crippen molar-refractivity contribution in [1.29, 1.82) is 0 Å². The first-order valence-corrected chi connectivity index (χ1v) is 11.4. The van der Waals surface area contributed by atoms with Crippen molar-refractivity contribution in [3.8, 4) is 5.88 Å². The fourth-order valence-electron chi connectivity index (χ4n) is 5.11. The number of carbonyl (C=O) groups is 1. The lowest BCUT2D eigenvalue weighted by Gasteiger charge is -2.46. The lowest BCUT2D eigenvalue weighted by Crippen LogP contribution is -2.62. The molecule has 0 bridgehead atoms. The van der Waals surface area contributed by atoms with E-state index in [9.17, 15) is 13.6 Å². The monoisotopic (exact) mass is 471 g/mol. The number of aryl methyl sites for hydroxylation is 2. The minimum Gasteiger partial charge on any atom is -0.470 e. The van der Waals surface area contributed by atoms with E-state index in [1.807, 2.05) is 0 Å². The summed E-state index contributed by atoms with van der Waals surface area (Å²) in [6.07, 6.45) is 3.29. The van der Waals surface area contributed by atoms with Crippen molar-refractivity contribution >= 4 is 11.6 Å². The van der Waals surface area contributed by atoms with E-state index in [0.717, 1.165) is 12.8 Å². The standard InChI is InChI=1S/C25H31F2N5O2/c1-14-12-32-20(22(33)30-16-10-24(3,4)31-25(5,6)11-16)15(2)29-21(32)23(28-14)34-13-17-18(26)8-7-9-19(17)27/h7-9,12,16,31H,10-11,13H2,1-6H3,(H,30,33). The van der Waals surface area contributed by atoms with E-state index in [4.69, 9.17) is 4.74 Å². The van der Waals surface area contributed by atoms with Crippen molar-refractivity contribution in [3.63, 3.8) is 0 Å². The molecular weight excluding hydrogens is 440 g/mol. The molecule has 4 rings (SSSR count). The second kappa shape index (κ2) is 8.61. The van der Waals surface area contributed by atoms with Gasteiger partial charge in [0.15, 0.2) is 0 Å². The molecule has 2 aromatic heterocycles. The van der Waals surface area contributed by atoms with Gasteiger partial charge in [-0.3, -0.25) is 9.20 Å². The highest BCUT2D eigenvalue weighted by Gasteiger charge is 2.38. The molecule has 1 aromatic carbocycles. The van der Waals surface area contributed by atoms with Gasteiger partial charge in [-0.05, 0) is 66.5 Å². The van der Waals surface area contributed by atoms with Crippen LogP contribution in [0.2, 0.25) is 0 Å². The number of rotatable bonds is 5. The molecule has 2 N–H and O–H groups in total. The molecule has 0 radical (unpaired) electrons. The second-order valence-electron chi connectivity index (χ2n) is 10.4. The van der Waals surface area contributed by atoms with Crippen LogP contribution in [0.3, 0.4) is 0 Å². The molecule has 0 aliphatic carbocycles. The lowest BCUT2D eigenvalue weighted by atomic mass is 9.79. The van der Waals surface area contributed by atoms with Gasteiger partial charge in [-0.25, -0.2) is 18.7 Å². The lowest BCUT2D eigenvalue weighted by molar-refractivity contribution is 0.0866. The molecule has 0 unspecified atom stereocenters. The van der Waals surface area contributed by atoms with Crippen LogP contribution >= 0.6 is 0 Å². The summed E-state index contributed by atoms with van der Waals surface area (Å²) in [5, 5.41) is 6.79. The summed E-state index contributed by atoms with van der Waals surface area (Å²) in [5.41, 5.74) is 1.37. The van der Waals surface area contributed by atoms with Crippen LogP contribution in [0.4, 0.5) is 8.78 Å². The Morgan fingerprint density at radius 1 is 1.15 bits per heavy atom. The number of nitrogens with zero attached hydrogens (tertiary/aromatic N) is 3. The van der Waals surface area contributed by atoms with Crippen molar-refractivity contribution in [3.05, 3.63) is 58.7 Å². The zero-order chi connectivity index (χ0) is 24.8. The number of carbonyl (C=O) groups excluding carboxylic acids is 1. The van der Waals surface area contributed by atoms with Gasteiger partial charge in [0.25, 0.3) is 11.8 Å². The van der Waals surface area contributed by atoms with Crippen molar-refractivity contribution in [1.82, 2.24) is 25.0 Å². The molecule has 0 saturated carbocycles. The van der Waals surface area contributed by atoms with E-state index < -0.39 is 11.6 Å². The number of piperidine rings is 1. The van der Waals surface area contributed by atoms with Gasteiger partial charge in [0.05, 0.1) is 17.0 Å².